The number of hydrogen-bond donors (Lipinski definition) is 1. The fraction of sp³-hybridized carbons (Fsp3) is 0.148. The largest absolute Gasteiger partial charge is 0.490 e. The molecule has 1 aliphatic heterocycles. The summed E-state index contributed by atoms with van der Waals surface area (Å²) in [6, 6.07) is 16.8. The van der Waals surface area contributed by atoms with Crippen molar-refractivity contribution in [1.82, 2.24) is 5.32 Å². The van der Waals surface area contributed by atoms with Crippen molar-refractivity contribution in [2.75, 3.05) is 11.5 Å². The molecular formula is C27H22BrClN2O5. The van der Waals surface area contributed by atoms with Crippen LogP contribution in [0.5, 0.6) is 11.5 Å². The number of ether oxygens (including phenoxy) is 2. The van der Waals surface area contributed by atoms with Crippen LogP contribution in [0.15, 0.2) is 70.7 Å². The van der Waals surface area contributed by atoms with E-state index >= 15 is 0 Å². The van der Waals surface area contributed by atoms with Crippen molar-refractivity contribution in [3.8, 4) is 11.5 Å². The van der Waals surface area contributed by atoms with Gasteiger partial charge in [0.1, 0.15) is 12.2 Å². The zero-order valence-electron chi connectivity index (χ0n) is 19.5. The molecule has 0 aromatic heterocycles. The highest BCUT2D eigenvalue weighted by atomic mass is 79.9. The number of benzene rings is 3. The molecule has 4 amide bonds. The fourth-order valence-electron chi connectivity index (χ4n) is 3.67. The van der Waals surface area contributed by atoms with Gasteiger partial charge in [0.05, 0.1) is 16.8 Å². The van der Waals surface area contributed by atoms with Gasteiger partial charge in [-0.25, -0.2) is 9.69 Å². The summed E-state index contributed by atoms with van der Waals surface area (Å²) in [5.41, 5.74) is 2.38. The molecule has 1 fully saturated rings. The molecule has 7 nitrogen and oxygen atoms in total. The van der Waals surface area contributed by atoms with Gasteiger partial charge in [-0.2, -0.15) is 0 Å². The van der Waals surface area contributed by atoms with Crippen LogP contribution in [-0.2, 0) is 16.2 Å². The van der Waals surface area contributed by atoms with E-state index in [0.29, 0.717) is 38.9 Å². The Hall–Kier alpha value is -3.62. The highest BCUT2D eigenvalue weighted by Crippen LogP contribution is 2.38. The van der Waals surface area contributed by atoms with Crippen LogP contribution in [0.2, 0.25) is 5.02 Å². The minimum atomic E-state index is -0.793. The first kappa shape index (κ1) is 25.5. The van der Waals surface area contributed by atoms with Crippen molar-refractivity contribution < 1.29 is 23.9 Å². The summed E-state index contributed by atoms with van der Waals surface area (Å²) in [4.78, 5) is 39.3. The number of anilines is 1. The Morgan fingerprint density at radius 2 is 1.75 bits per heavy atom. The van der Waals surface area contributed by atoms with E-state index in [1.807, 2.05) is 19.1 Å². The third kappa shape index (κ3) is 5.45. The van der Waals surface area contributed by atoms with Crippen molar-refractivity contribution in [2.24, 2.45) is 0 Å². The molecule has 1 saturated heterocycles. The van der Waals surface area contributed by atoms with Gasteiger partial charge in [-0.1, -0.05) is 41.9 Å². The Labute approximate surface area is 221 Å². The van der Waals surface area contributed by atoms with Crippen LogP contribution < -0.4 is 19.7 Å². The number of nitrogens with one attached hydrogen (secondary N) is 1. The molecule has 0 aliphatic carbocycles. The maximum atomic E-state index is 13.2. The van der Waals surface area contributed by atoms with Gasteiger partial charge >= 0.3 is 6.03 Å². The second-order valence-corrected chi connectivity index (χ2v) is 9.21. The zero-order chi connectivity index (χ0) is 25.8. The molecule has 9 heteroatoms. The predicted octanol–water partition coefficient (Wildman–Crippen LogP) is 6.06. The third-order valence-electron chi connectivity index (χ3n) is 5.40. The number of nitrogens with zero attached hydrogens (tertiary/aromatic N) is 1. The quantitative estimate of drug-likeness (QED) is 0.276. The Bertz CT molecular complexity index is 1370. The van der Waals surface area contributed by atoms with Crippen LogP contribution in [0.3, 0.4) is 0 Å². The molecule has 36 heavy (non-hydrogen) atoms. The standard InChI is InChI=1S/C27H22BrClN2O5/c1-3-35-23-14-18(13-21(28)24(23)36-15-17-8-10-19(29)11-9-17)12-20-25(32)30-27(34)31(26(20)33)22-7-5-4-6-16(22)2/h4-14H,3,15H2,1-2H3,(H,30,32,34)/b20-12+. The van der Waals surface area contributed by atoms with Gasteiger partial charge in [0, 0.05) is 5.02 Å². The first-order valence-corrected chi connectivity index (χ1v) is 12.3. The van der Waals surface area contributed by atoms with Gasteiger partial charge in [-0.05, 0) is 82.9 Å². The molecule has 0 saturated carbocycles. The van der Waals surface area contributed by atoms with E-state index in [-0.39, 0.29) is 12.2 Å². The van der Waals surface area contributed by atoms with Crippen LogP contribution >= 0.6 is 27.5 Å². The van der Waals surface area contributed by atoms with Crippen molar-refractivity contribution in [3.63, 3.8) is 0 Å². The summed E-state index contributed by atoms with van der Waals surface area (Å²) in [6.07, 6.45) is 1.42. The van der Waals surface area contributed by atoms with Crippen LogP contribution in [0.4, 0.5) is 10.5 Å². The maximum Gasteiger partial charge on any atom is 0.335 e. The number of aryl methyl sites for hydroxylation is 1. The van der Waals surface area contributed by atoms with Gasteiger partial charge in [-0.15, -0.1) is 0 Å². The van der Waals surface area contributed by atoms with Gasteiger partial charge in [-0.3, -0.25) is 14.9 Å². The number of para-hydroxylation sites is 1. The highest BCUT2D eigenvalue weighted by Gasteiger charge is 2.37. The lowest BCUT2D eigenvalue weighted by molar-refractivity contribution is -0.122. The fourth-order valence-corrected chi connectivity index (χ4v) is 4.37. The lowest BCUT2D eigenvalue weighted by Gasteiger charge is -2.27. The van der Waals surface area contributed by atoms with Gasteiger partial charge in [0.2, 0.25) is 0 Å². The second-order valence-electron chi connectivity index (χ2n) is 7.92. The third-order valence-corrected chi connectivity index (χ3v) is 6.24. The predicted molar refractivity (Wildman–Crippen MR) is 141 cm³/mol. The topological polar surface area (TPSA) is 84.9 Å². The van der Waals surface area contributed by atoms with E-state index in [9.17, 15) is 14.4 Å². The minimum absolute atomic E-state index is 0.179. The molecule has 3 aromatic carbocycles. The number of barbiturate groups is 1. The number of urea groups is 1. The summed E-state index contributed by atoms with van der Waals surface area (Å²) < 4.78 is 12.4. The van der Waals surface area contributed by atoms with Crippen molar-refractivity contribution in [2.45, 2.75) is 20.5 Å². The molecule has 3 aromatic rings. The molecule has 0 bridgehead atoms. The average molecular weight is 570 g/mol. The van der Waals surface area contributed by atoms with E-state index in [1.165, 1.54) is 6.08 Å². The number of imide groups is 2. The van der Waals surface area contributed by atoms with Crippen molar-refractivity contribution >= 4 is 57.1 Å². The number of carbonyl (C=O) groups is 3. The number of hydrogen-bond acceptors (Lipinski definition) is 5. The number of halogens is 2. The second kappa shape index (κ2) is 11.0. The number of carbonyl (C=O) groups excluding carboxylic acids is 3. The molecule has 1 aliphatic rings. The number of amides is 4. The van der Waals surface area contributed by atoms with E-state index in [0.717, 1.165) is 16.0 Å². The first-order valence-electron chi connectivity index (χ1n) is 11.1. The molecule has 1 heterocycles. The molecule has 0 atom stereocenters. The smallest absolute Gasteiger partial charge is 0.335 e. The zero-order valence-corrected chi connectivity index (χ0v) is 21.9. The van der Waals surface area contributed by atoms with E-state index in [2.05, 4.69) is 21.2 Å². The Balaban J connectivity index is 1.66. The average Bonchev–Trinajstić information content (AvgIpc) is 2.83. The normalized spacial score (nSPS) is 14.7. The monoisotopic (exact) mass is 568 g/mol. The van der Waals surface area contributed by atoms with E-state index in [4.69, 9.17) is 21.1 Å². The Morgan fingerprint density at radius 3 is 2.44 bits per heavy atom. The van der Waals surface area contributed by atoms with Crippen LogP contribution in [0.1, 0.15) is 23.6 Å². The van der Waals surface area contributed by atoms with Gasteiger partial charge in [0.25, 0.3) is 11.8 Å². The van der Waals surface area contributed by atoms with E-state index in [1.54, 1.807) is 55.5 Å². The lowest BCUT2D eigenvalue weighted by Crippen LogP contribution is -2.54. The summed E-state index contributed by atoms with van der Waals surface area (Å²) >= 11 is 9.46. The van der Waals surface area contributed by atoms with Crippen molar-refractivity contribution in [3.05, 3.63) is 92.4 Å². The molecule has 0 spiro atoms. The van der Waals surface area contributed by atoms with E-state index < -0.39 is 17.8 Å². The Kier molecular flexibility index (Phi) is 7.76. The van der Waals surface area contributed by atoms with Crippen LogP contribution in [0, 0.1) is 6.92 Å². The SMILES string of the molecule is CCOc1cc(/C=C2\C(=O)NC(=O)N(c3ccccc3C)C2=O)cc(Br)c1OCc1ccc(Cl)cc1. The van der Waals surface area contributed by atoms with Crippen LogP contribution in [-0.4, -0.2) is 24.5 Å². The Morgan fingerprint density at radius 1 is 1.03 bits per heavy atom. The first-order chi connectivity index (χ1) is 17.3. The van der Waals surface area contributed by atoms with Gasteiger partial charge < -0.3 is 9.47 Å². The van der Waals surface area contributed by atoms with Gasteiger partial charge in [0.15, 0.2) is 11.5 Å². The lowest BCUT2D eigenvalue weighted by atomic mass is 10.1. The molecule has 1 N–H and O–H groups in total. The molecule has 0 radical (unpaired) electrons. The molecule has 4 rings (SSSR count). The highest BCUT2D eigenvalue weighted by molar-refractivity contribution is 9.10. The summed E-state index contributed by atoms with van der Waals surface area (Å²) in [6.45, 7) is 4.28. The molecule has 0 unspecified atom stereocenters. The van der Waals surface area contributed by atoms with Crippen molar-refractivity contribution in [1.29, 1.82) is 0 Å². The molecule has 184 valence electrons. The maximum absolute atomic E-state index is 13.2. The number of rotatable bonds is 7. The minimum Gasteiger partial charge on any atom is -0.490 e. The summed E-state index contributed by atoms with van der Waals surface area (Å²) in [5, 5.41) is 2.88. The summed E-state index contributed by atoms with van der Waals surface area (Å²) in [7, 11) is 0. The van der Waals surface area contributed by atoms with Crippen LogP contribution in [0.25, 0.3) is 6.08 Å². The molecular weight excluding hydrogens is 548 g/mol. The summed E-state index contributed by atoms with van der Waals surface area (Å²) in [5.74, 6) is -0.574.